The average molecular weight is 271 g/mol. The van der Waals surface area contributed by atoms with Crippen LogP contribution in [0.3, 0.4) is 0 Å². The van der Waals surface area contributed by atoms with Crippen molar-refractivity contribution in [2.75, 3.05) is 19.1 Å². The van der Waals surface area contributed by atoms with Crippen LogP contribution >= 0.6 is 0 Å². The van der Waals surface area contributed by atoms with E-state index < -0.39 is 0 Å². The van der Waals surface area contributed by atoms with E-state index in [1.165, 1.54) is 16.8 Å². The van der Waals surface area contributed by atoms with Crippen molar-refractivity contribution in [3.05, 3.63) is 53.1 Å². The molecule has 0 saturated heterocycles. The van der Waals surface area contributed by atoms with Gasteiger partial charge in [-0.15, -0.1) is 0 Å². The highest BCUT2D eigenvalue weighted by atomic mass is 16.5. The molecular weight excluding hydrogens is 250 g/mol. The smallest absolute Gasteiger partial charge is 0.160 e. The zero-order chi connectivity index (χ0) is 14.7. The predicted molar refractivity (Wildman–Crippen MR) is 82.7 cm³/mol. The lowest BCUT2D eigenvalue weighted by molar-refractivity contribution is 0.373. The highest BCUT2D eigenvalue weighted by Crippen LogP contribution is 2.28. The van der Waals surface area contributed by atoms with Crippen LogP contribution in [0.15, 0.2) is 36.4 Å². The van der Waals surface area contributed by atoms with E-state index in [2.05, 4.69) is 44.0 Å². The van der Waals surface area contributed by atoms with Gasteiger partial charge in [0.2, 0.25) is 0 Å². The molecule has 0 bridgehead atoms. The van der Waals surface area contributed by atoms with Gasteiger partial charge in [0.05, 0.1) is 7.11 Å². The lowest BCUT2D eigenvalue weighted by Crippen LogP contribution is -2.17. The Morgan fingerprint density at radius 1 is 1.10 bits per heavy atom. The van der Waals surface area contributed by atoms with Crippen LogP contribution in [-0.2, 0) is 6.54 Å². The van der Waals surface area contributed by atoms with Gasteiger partial charge in [-0.1, -0.05) is 23.8 Å². The molecule has 0 aromatic heterocycles. The van der Waals surface area contributed by atoms with Crippen LogP contribution in [-0.4, -0.2) is 19.3 Å². The van der Waals surface area contributed by atoms with Gasteiger partial charge in [-0.25, -0.2) is 0 Å². The molecule has 0 saturated carbocycles. The topological polar surface area (TPSA) is 32.7 Å². The lowest BCUT2D eigenvalue weighted by Gasteiger charge is -2.22. The second-order valence-corrected chi connectivity index (χ2v) is 5.15. The molecule has 20 heavy (non-hydrogen) atoms. The van der Waals surface area contributed by atoms with Gasteiger partial charge in [0.1, 0.15) is 0 Å². The van der Waals surface area contributed by atoms with Gasteiger partial charge in [0.25, 0.3) is 0 Å². The van der Waals surface area contributed by atoms with Crippen molar-refractivity contribution in [1.29, 1.82) is 0 Å². The molecule has 2 aromatic rings. The number of rotatable bonds is 4. The van der Waals surface area contributed by atoms with Crippen molar-refractivity contribution in [2.24, 2.45) is 0 Å². The fourth-order valence-electron chi connectivity index (χ4n) is 2.41. The summed E-state index contributed by atoms with van der Waals surface area (Å²) in [5, 5.41) is 9.62. The van der Waals surface area contributed by atoms with E-state index in [0.29, 0.717) is 5.75 Å². The van der Waals surface area contributed by atoms with Crippen LogP contribution in [0.2, 0.25) is 0 Å². The molecule has 0 heterocycles. The van der Waals surface area contributed by atoms with Gasteiger partial charge in [-0.3, -0.25) is 0 Å². The molecule has 3 nitrogen and oxygen atoms in total. The SMILES string of the molecule is COc1cc(CN(C)c2ccc(C)cc2C)ccc1O. The minimum absolute atomic E-state index is 0.172. The Bertz CT molecular complexity index is 608. The Hall–Kier alpha value is -2.16. The van der Waals surface area contributed by atoms with Crippen LogP contribution in [0, 0.1) is 13.8 Å². The number of nitrogens with zero attached hydrogens (tertiary/aromatic N) is 1. The molecule has 0 fully saturated rings. The average Bonchev–Trinajstić information content (AvgIpc) is 2.40. The zero-order valence-corrected chi connectivity index (χ0v) is 12.5. The van der Waals surface area contributed by atoms with E-state index in [1.54, 1.807) is 13.2 Å². The van der Waals surface area contributed by atoms with Crippen LogP contribution in [0.5, 0.6) is 11.5 Å². The summed E-state index contributed by atoms with van der Waals surface area (Å²) in [6.45, 7) is 4.98. The number of aryl methyl sites for hydroxylation is 2. The highest BCUT2D eigenvalue weighted by Gasteiger charge is 2.08. The number of phenols is 1. The fourth-order valence-corrected chi connectivity index (χ4v) is 2.41. The Morgan fingerprint density at radius 2 is 1.85 bits per heavy atom. The van der Waals surface area contributed by atoms with E-state index in [9.17, 15) is 5.11 Å². The van der Waals surface area contributed by atoms with Crippen molar-refractivity contribution in [2.45, 2.75) is 20.4 Å². The van der Waals surface area contributed by atoms with Gasteiger partial charge >= 0.3 is 0 Å². The molecular formula is C17H21NO2. The second kappa shape index (κ2) is 5.87. The maximum atomic E-state index is 9.62. The van der Waals surface area contributed by atoms with Crippen molar-refractivity contribution in [1.82, 2.24) is 0 Å². The first-order valence-electron chi connectivity index (χ1n) is 6.65. The first-order chi connectivity index (χ1) is 9.51. The third-order valence-corrected chi connectivity index (χ3v) is 3.43. The third kappa shape index (κ3) is 3.05. The summed E-state index contributed by atoms with van der Waals surface area (Å²) in [5.74, 6) is 0.682. The van der Waals surface area contributed by atoms with E-state index in [1.807, 2.05) is 12.1 Å². The summed E-state index contributed by atoms with van der Waals surface area (Å²) in [6.07, 6.45) is 0. The van der Waals surface area contributed by atoms with E-state index in [4.69, 9.17) is 4.74 Å². The van der Waals surface area contributed by atoms with Crippen LogP contribution in [0.25, 0.3) is 0 Å². The molecule has 2 rings (SSSR count). The van der Waals surface area contributed by atoms with Crippen molar-refractivity contribution < 1.29 is 9.84 Å². The molecule has 2 aromatic carbocycles. The van der Waals surface area contributed by atoms with Gasteiger partial charge in [-0.2, -0.15) is 0 Å². The van der Waals surface area contributed by atoms with E-state index in [0.717, 1.165) is 12.1 Å². The molecule has 0 amide bonds. The van der Waals surface area contributed by atoms with Crippen LogP contribution in [0.1, 0.15) is 16.7 Å². The monoisotopic (exact) mass is 271 g/mol. The lowest BCUT2D eigenvalue weighted by atomic mass is 10.1. The van der Waals surface area contributed by atoms with Crippen LogP contribution in [0.4, 0.5) is 5.69 Å². The molecule has 106 valence electrons. The molecule has 3 heteroatoms. The molecule has 1 N–H and O–H groups in total. The summed E-state index contributed by atoms with van der Waals surface area (Å²) in [4.78, 5) is 2.20. The van der Waals surface area contributed by atoms with E-state index in [-0.39, 0.29) is 5.75 Å². The molecule has 0 aliphatic heterocycles. The third-order valence-electron chi connectivity index (χ3n) is 3.43. The number of methoxy groups -OCH3 is 1. The summed E-state index contributed by atoms with van der Waals surface area (Å²) < 4.78 is 5.14. The number of ether oxygens (including phenoxy) is 1. The summed E-state index contributed by atoms with van der Waals surface area (Å²) >= 11 is 0. The Morgan fingerprint density at radius 3 is 2.50 bits per heavy atom. The summed E-state index contributed by atoms with van der Waals surface area (Å²) in [7, 11) is 3.63. The molecule has 0 aliphatic carbocycles. The number of benzene rings is 2. The maximum absolute atomic E-state index is 9.62. The molecule has 0 radical (unpaired) electrons. The number of hydrogen-bond acceptors (Lipinski definition) is 3. The normalized spacial score (nSPS) is 10.4. The molecule has 0 spiro atoms. The summed E-state index contributed by atoms with van der Waals surface area (Å²) in [6, 6.07) is 11.9. The highest BCUT2D eigenvalue weighted by molar-refractivity contribution is 5.54. The van der Waals surface area contributed by atoms with Gasteiger partial charge in [0.15, 0.2) is 11.5 Å². The summed E-state index contributed by atoms with van der Waals surface area (Å²) in [5.41, 5.74) is 4.84. The quantitative estimate of drug-likeness (QED) is 0.921. The first kappa shape index (κ1) is 14.3. The zero-order valence-electron chi connectivity index (χ0n) is 12.5. The molecule has 0 unspecified atom stereocenters. The minimum atomic E-state index is 0.172. The maximum Gasteiger partial charge on any atom is 0.160 e. The number of anilines is 1. The van der Waals surface area contributed by atoms with Crippen molar-refractivity contribution >= 4 is 5.69 Å². The van der Waals surface area contributed by atoms with Crippen LogP contribution < -0.4 is 9.64 Å². The number of aromatic hydroxyl groups is 1. The van der Waals surface area contributed by atoms with Gasteiger partial charge < -0.3 is 14.7 Å². The molecule has 0 atom stereocenters. The van der Waals surface area contributed by atoms with E-state index >= 15 is 0 Å². The van der Waals surface area contributed by atoms with Gasteiger partial charge in [-0.05, 0) is 43.2 Å². The number of phenolic OH excluding ortho intramolecular Hbond substituents is 1. The molecule has 0 aliphatic rings. The Labute approximate surface area is 120 Å². The Balaban J connectivity index is 2.21. The van der Waals surface area contributed by atoms with Crippen molar-refractivity contribution in [3.63, 3.8) is 0 Å². The standard InChI is InChI=1S/C17H21NO2/c1-12-5-7-15(13(2)9-12)18(3)11-14-6-8-16(19)17(10-14)20-4/h5-10,19H,11H2,1-4H3. The predicted octanol–water partition coefficient (Wildman–Crippen LogP) is 3.65. The fraction of sp³-hybridized carbons (Fsp3) is 0.294. The van der Waals surface area contributed by atoms with Gasteiger partial charge in [0, 0.05) is 19.3 Å². The number of hydrogen-bond donors (Lipinski definition) is 1. The first-order valence-corrected chi connectivity index (χ1v) is 6.65. The largest absolute Gasteiger partial charge is 0.504 e. The second-order valence-electron chi connectivity index (χ2n) is 5.15. The van der Waals surface area contributed by atoms with Crippen molar-refractivity contribution in [3.8, 4) is 11.5 Å². The Kier molecular flexibility index (Phi) is 4.18. The minimum Gasteiger partial charge on any atom is -0.504 e.